The van der Waals surface area contributed by atoms with Crippen LogP contribution in [0.2, 0.25) is 0 Å². The number of hydrazine groups is 2. The summed E-state index contributed by atoms with van der Waals surface area (Å²) in [5.41, 5.74) is 3.23. The van der Waals surface area contributed by atoms with Gasteiger partial charge in [0.15, 0.2) is 0 Å². The summed E-state index contributed by atoms with van der Waals surface area (Å²) in [5.74, 6) is 0. The van der Waals surface area contributed by atoms with Gasteiger partial charge in [0.05, 0.1) is 14.7 Å². The van der Waals surface area contributed by atoms with Crippen LogP contribution in [-0.2, 0) is 0 Å². The lowest BCUT2D eigenvalue weighted by Crippen LogP contribution is -2.41. The van der Waals surface area contributed by atoms with Crippen molar-refractivity contribution in [2.24, 2.45) is 5.10 Å². The van der Waals surface area contributed by atoms with Crippen molar-refractivity contribution in [1.82, 2.24) is 15.7 Å². The van der Waals surface area contributed by atoms with Crippen LogP contribution in [0.25, 0.3) is 0 Å². The summed E-state index contributed by atoms with van der Waals surface area (Å²) in [6.07, 6.45) is 5.54. The van der Waals surface area contributed by atoms with Gasteiger partial charge in [-0.3, -0.25) is 5.01 Å². The van der Waals surface area contributed by atoms with E-state index in [0.29, 0.717) is 0 Å². The lowest BCUT2D eigenvalue weighted by atomic mass is 10.2. The van der Waals surface area contributed by atoms with Crippen molar-refractivity contribution in [3.05, 3.63) is 5.17 Å². The molecule has 0 radical (unpaired) electrons. The fraction of sp³-hybridized carbons (Fsp3) is 0.667. The van der Waals surface area contributed by atoms with Crippen LogP contribution in [0.4, 0.5) is 0 Å². The fourth-order valence-electron chi connectivity index (χ4n) is 1.23. The van der Waals surface area contributed by atoms with Gasteiger partial charge in [0, 0.05) is 3.58 Å². The molecule has 0 unspecified atom stereocenters. The molecule has 1 aliphatic rings. The molecule has 0 aromatic rings. The first kappa shape index (κ1) is 15.2. The van der Waals surface area contributed by atoms with Crippen LogP contribution in [0.15, 0.2) is 10.3 Å². The highest BCUT2D eigenvalue weighted by Crippen LogP contribution is 2.25. The SMILES string of the molecule is CCCCCN1N=CN(CC(I)=C(I)I)N1. The van der Waals surface area contributed by atoms with Gasteiger partial charge in [-0.2, -0.15) is 0 Å². The molecule has 0 saturated heterocycles. The number of hydrazone groups is 1. The summed E-state index contributed by atoms with van der Waals surface area (Å²) >= 11 is 7.03. The number of nitrogens with one attached hydrogen (secondary N) is 1. The van der Waals surface area contributed by atoms with Crippen LogP contribution < -0.4 is 5.53 Å². The Morgan fingerprint density at radius 3 is 2.69 bits per heavy atom. The van der Waals surface area contributed by atoms with E-state index < -0.39 is 0 Å². The predicted molar refractivity (Wildman–Crippen MR) is 93.7 cm³/mol. The van der Waals surface area contributed by atoms with Gasteiger partial charge in [-0.1, -0.05) is 19.8 Å². The van der Waals surface area contributed by atoms with E-state index in [4.69, 9.17) is 0 Å². The van der Waals surface area contributed by atoms with Crippen LogP contribution >= 0.6 is 67.8 Å². The molecular weight excluding hydrogens is 545 g/mol. The van der Waals surface area contributed by atoms with Gasteiger partial charge >= 0.3 is 0 Å². The summed E-state index contributed by atoms with van der Waals surface area (Å²) in [7, 11) is 0. The highest BCUT2D eigenvalue weighted by molar-refractivity contribution is 14.2. The molecule has 0 aromatic heterocycles. The smallest absolute Gasteiger partial charge is 0.129 e. The maximum absolute atomic E-state index is 4.29. The van der Waals surface area contributed by atoms with Gasteiger partial charge in [-0.15, -0.1) is 10.6 Å². The number of unbranched alkanes of at least 4 members (excludes halogenated alkanes) is 2. The Balaban J connectivity index is 2.26. The first-order valence-electron chi connectivity index (χ1n) is 5.17. The Kier molecular flexibility index (Phi) is 7.89. The zero-order valence-corrected chi connectivity index (χ0v) is 15.6. The molecule has 0 saturated carbocycles. The average molecular weight is 560 g/mol. The lowest BCUT2D eigenvalue weighted by Gasteiger charge is -2.19. The molecule has 4 nitrogen and oxygen atoms in total. The Labute approximate surface area is 138 Å². The van der Waals surface area contributed by atoms with Gasteiger partial charge in [0.1, 0.15) is 6.34 Å². The minimum atomic E-state index is 0.871. The molecule has 0 atom stereocenters. The van der Waals surface area contributed by atoms with Crippen molar-refractivity contribution in [2.75, 3.05) is 13.1 Å². The highest BCUT2D eigenvalue weighted by Gasteiger charge is 2.13. The molecule has 1 N–H and O–H groups in total. The van der Waals surface area contributed by atoms with Crippen molar-refractivity contribution in [3.63, 3.8) is 0 Å². The average Bonchev–Trinajstić information content (AvgIpc) is 2.66. The molecule has 1 aliphatic heterocycles. The van der Waals surface area contributed by atoms with Gasteiger partial charge in [-0.05, 0) is 74.2 Å². The van der Waals surface area contributed by atoms with Crippen LogP contribution in [0, 0.1) is 0 Å². The summed E-state index contributed by atoms with van der Waals surface area (Å²) < 4.78 is 2.63. The van der Waals surface area contributed by atoms with Gasteiger partial charge < -0.3 is 0 Å². The number of hydrogen-bond acceptors (Lipinski definition) is 4. The van der Waals surface area contributed by atoms with E-state index in [1.807, 2.05) is 16.5 Å². The fourth-order valence-corrected chi connectivity index (χ4v) is 1.94. The number of rotatable bonds is 6. The van der Waals surface area contributed by atoms with E-state index in [1.165, 1.54) is 24.4 Å². The second-order valence-electron chi connectivity index (χ2n) is 3.45. The van der Waals surface area contributed by atoms with E-state index in [-0.39, 0.29) is 0 Å². The summed E-state index contributed by atoms with van der Waals surface area (Å²) in [6.45, 7) is 4.06. The Morgan fingerprint density at radius 1 is 1.31 bits per heavy atom. The molecule has 0 fully saturated rings. The second kappa shape index (κ2) is 8.29. The lowest BCUT2D eigenvalue weighted by molar-refractivity contribution is 0.120. The number of nitrogens with zero attached hydrogens (tertiary/aromatic N) is 3. The molecule has 1 heterocycles. The summed E-state index contributed by atoms with van der Waals surface area (Å²) in [4.78, 5) is 0. The molecule has 0 amide bonds. The summed E-state index contributed by atoms with van der Waals surface area (Å²) in [6, 6.07) is 0. The quantitative estimate of drug-likeness (QED) is 0.398. The first-order valence-corrected chi connectivity index (χ1v) is 8.41. The van der Waals surface area contributed by atoms with E-state index in [0.717, 1.165) is 13.1 Å². The number of hydrogen-bond donors (Lipinski definition) is 1. The Bertz CT molecular complexity index is 276. The van der Waals surface area contributed by atoms with E-state index in [9.17, 15) is 0 Å². The zero-order chi connectivity index (χ0) is 12.0. The predicted octanol–water partition coefficient (Wildman–Crippen LogP) is 3.63. The second-order valence-corrected chi connectivity index (χ2v) is 8.98. The minimum Gasteiger partial charge on any atom is -0.272 e. The highest BCUT2D eigenvalue weighted by atomic mass is 127. The number of halogens is 3. The standard InChI is InChI=1S/C9H15I3N4/c1-2-3-4-5-16-13-7-15(14-16)6-8(10)9(11)12/h7,14H,2-6H2,1H3. The largest absolute Gasteiger partial charge is 0.272 e. The van der Waals surface area contributed by atoms with Crippen LogP contribution in [0.1, 0.15) is 26.2 Å². The third kappa shape index (κ3) is 5.67. The monoisotopic (exact) mass is 560 g/mol. The molecular formula is C9H15I3N4. The van der Waals surface area contributed by atoms with Crippen LogP contribution in [-0.4, -0.2) is 29.6 Å². The maximum Gasteiger partial charge on any atom is 0.129 e. The molecule has 16 heavy (non-hydrogen) atoms. The topological polar surface area (TPSA) is 30.9 Å². The Hall–Kier alpha value is 1.16. The Morgan fingerprint density at radius 2 is 2.06 bits per heavy atom. The molecule has 7 heteroatoms. The third-order valence-electron chi connectivity index (χ3n) is 2.06. The van der Waals surface area contributed by atoms with Crippen molar-refractivity contribution in [1.29, 1.82) is 0 Å². The van der Waals surface area contributed by atoms with Crippen LogP contribution in [0.3, 0.4) is 0 Å². The molecule has 0 aromatic carbocycles. The van der Waals surface area contributed by atoms with Crippen molar-refractivity contribution < 1.29 is 0 Å². The van der Waals surface area contributed by atoms with Crippen LogP contribution in [0.5, 0.6) is 0 Å². The third-order valence-corrected chi connectivity index (χ3v) is 6.31. The molecule has 0 spiro atoms. The van der Waals surface area contributed by atoms with Gasteiger partial charge in [0.2, 0.25) is 0 Å². The summed E-state index contributed by atoms with van der Waals surface area (Å²) in [5, 5.41) is 8.20. The van der Waals surface area contributed by atoms with E-state index >= 15 is 0 Å². The van der Waals surface area contributed by atoms with Crippen molar-refractivity contribution in [2.45, 2.75) is 26.2 Å². The van der Waals surface area contributed by atoms with Crippen molar-refractivity contribution in [3.8, 4) is 0 Å². The maximum atomic E-state index is 4.29. The molecule has 92 valence electrons. The molecule has 0 aliphatic carbocycles. The molecule has 1 rings (SSSR count). The molecule has 0 bridgehead atoms. The minimum absolute atomic E-state index is 0.871. The first-order chi connectivity index (χ1) is 7.63. The van der Waals surface area contributed by atoms with E-state index in [1.54, 1.807) is 0 Å². The van der Waals surface area contributed by atoms with E-state index in [2.05, 4.69) is 85.3 Å². The normalized spacial score (nSPS) is 14.8. The van der Waals surface area contributed by atoms with Crippen molar-refractivity contribution >= 4 is 74.1 Å². The van der Waals surface area contributed by atoms with Gasteiger partial charge in [0.25, 0.3) is 0 Å². The van der Waals surface area contributed by atoms with Gasteiger partial charge in [-0.25, -0.2) is 5.12 Å². The zero-order valence-electron chi connectivity index (χ0n) is 9.09.